The Morgan fingerprint density at radius 3 is 2.31 bits per heavy atom. The molecule has 0 spiro atoms. The van der Waals surface area contributed by atoms with Crippen LogP contribution in [0.3, 0.4) is 0 Å². The summed E-state index contributed by atoms with van der Waals surface area (Å²) in [7, 11) is -0.788. The van der Waals surface area contributed by atoms with Crippen molar-refractivity contribution in [1.29, 1.82) is 0 Å². The number of amides is 1. The third-order valence-electron chi connectivity index (χ3n) is 5.58. The number of carbonyl (C=O) groups excluding carboxylic acids is 1. The Morgan fingerprint density at radius 1 is 1.09 bits per heavy atom. The summed E-state index contributed by atoms with van der Waals surface area (Å²) in [5.74, 6) is 0.409. The van der Waals surface area contributed by atoms with E-state index in [9.17, 15) is 13.2 Å². The molecule has 0 aliphatic carbocycles. The number of carbonyl (C=O) groups is 1. The van der Waals surface area contributed by atoms with Gasteiger partial charge in [-0.15, -0.1) is 0 Å². The first kappa shape index (κ1) is 23.7. The van der Waals surface area contributed by atoms with Gasteiger partial charge in [0.25, 0.3) is 0 Å². The van der Waals surface area contributed by atoms with Crippen LogP contribution in [0.5, 0.6) is 11.5 Å². The van der Waals surface area contributed by atoms with E-state index >= 15 is 0 Å². The highest BCUT2D eigenvalue weighted by molar-refractivity contribution is 7.92. The molecule has 2 aromatic carbocycles. The third-order valence-corrected chi connectivity index (χ3v) is 6.71. The number of rotatable bonds is 9. The second kappa shape index (κ2) is 10.1. The van der Waals surface area contributed by atoms with Crippen molar-refractivity contribution in [3.05, 3.63) is 48.0 Å². The van der Waals surface area contributed by atoms with Gasteiger partial charge in [0.1, 0.15) is 18.0 Å². The molecule has 3 rings (SSSR count). The molecule has 1 saturated heterocycles. The maximum Gasteiger partial charge on any atom is 0.241 e. The zero-order valence-electron chi connectivity index (χ0n) is 19.0. The van der Waals surface area contributed by atoms with Gasteiger partial charge in [-0.05, 0) is 49.6 Å². The minimum absolute atomic E-state index is 0.269. The van der Waals surface area contributed by atoms with Gasteiger partial charge in [0, 0.05) is 24.8 Å². The molecule has 174 valence electrons. The standard InChI is InChI=1S/C23H31N3O5S/c1-17(18-7-9-19(10-8-18)25-13-5-6-14-25)24-23(27)16-26(32(4,28)29)21-12-11-20(30-2)15-22(21)31-3/h7-12,15,17H,5-6,13-14,16H2,1-4H3,(H,24,27). The summed E-state index contributed by atoms with van der Waals surface area (Å²) in [5, 5.41) is 2.89. The monoisotopic (exact) mass is 461 g/mol. The molecule has 1 heterocycles. The Morgan fingerprint density at radius 2 is 1.75 bits per heavy atom. The molecular formula is C23H31N3O5S. The van der Waals surface area contributed by atoms with Crippen molar-refractivity contribution >= 4 is 27.3 Å². The van der Waals surface area contributed by atoms with Gasteiger partial charge in [0.2, 0.25) is 15.9 Å². The van der Waals surface area contributed by atoms with Crippen molar-refractivity contribution in [3.63, 3.8) is 0 Å². The first-order valence-electron chi connectivity index (χ1n) is 10.6. The molecule has 1 unspecified atom stereocenters. The van der Waals surface area contributed by atoms with Crippen LogP contribution in [-0.2, 0) is 14.8 Å². The molecule has 8 nitrogen and oxygen atoms in total. The van der Waals surface area contributed by atoms with Crippen LogP contribution in [0.4, 0.5) is 11.4 Å². The highest BCUT2D eigenvalue weighted by atomic mass is 32.2. The lowest BCUT2D eigenvalue weighted by Crippen LogP contribution is -2.41. The number of ether oxygens (including phenoxy) is 2. The molecule has 0 aromatic heterocycles. The van der Waals surface area contributed by atoms with Crippen LogP contribution in [0.2, 0.25) is 0 Å². The first-order chi connectivity index (χ1) is 15.2. The zero-order valence-corrected chi connectivity index (χ0v) is 19.8. The predicted octanol–water partition coefficient (Wildman–Crippen LogP) is 2.95. The molecule has 1 aliphatic heterocycles. The molecule has 0 saturated carbocycles. The van der Waals surface area contributed by atoms with Crippen LogP contribution in [-0.4, -0.2) is 54.4 Å². The Kier molecular flexibility index (Phi) is 7.50. The topological polar surface area (TPSA) is 88.2 Å². The van der Waals surface area contributed by atoms with E-state index in [-0.39, 0.29) is 18.3 Å². The number of hydrogen-bond acceptors (Lipinski definition) is 6. The van der Waals surface area contributed by atoms with Crippen molar-refractivity contribution in [3.8, 4) is 11.5 Å². The zero-order chi connectivity index (χ0) is 23.3. The SMILES string of the molecule is COc1ccc(N(CC(=O)NC(C)c2ccc(N3CCCC3)cc2)S(C)(=O)=O)c(OC)c1. The second-order valence-electron chi connectivity index (χ2n) is 7.88. The van der Waals surface area contributed by atoms with Crippen molar-refractivity contribution in [2.45, 2.75) is 25.8 Å². The van der Waals surface area contributed by atoms with E-state index in [2.05, 4.69) is 22.3 Å². The fourth-order valence-corrected chi connectivity index (χ4v) is 4.68. The Hall–Kier alpha value is -2.94. The summed E-state index contributed by atoms with van der Waals surface area (Å²) in [6.07, 6.45) is 3.48. The van der Waals surface area contributed by atoms with E-state index < -0.39 is 15.9 Å². The van der Waals surface area contributed by atoms with Crippen LogP contribution in [0.25, 0.3) is 0 Å². The Bertz CT molecular complexity index is 1030. The summed E-state index contributed by atoms with van der Waals surface area (Å²) < 4.78 is 36.5. The fraction of sp³-hybridized carbons (Fsp3) is 0.435. The van der Waals surface area contributed by atoms with E-state index in [0.29, 0.717) is 11.5 Å². The average molecular weight is 462 g/mol. The highest BCUT2D eigenvalue weighted by Gasteiger charge is 2.25. The molecular weight excluding hydrogens is 430 g/mol. The van der Waals surface area contributed by atoms with Crippen LogP contribution in [0, 0.1) is 0 Å². The number of hydrogen-bond donors (Lipinski definition) is 1. The van der Waals surface area contributed by atoms with Crippen LogP contribution in [0.1, 0.15) is 31.4 Å². The van der Waals surface area contributed by atoms with Gasteiger partial charge in [-0.1, -0.05) is 12.1 Å². The number of sulfonamides is 1. The van der Waals surface area contributed by atoms with E-state index in [1.165, 1.54) is 32.7 Å². The lowest BCUT2D eigenvalue weighted by Gasteiger charge is -2.25. The fourth-order valence-electron chi connectivity index (χ4n) is 3.82. The summed E-state index contributed by atoms with van der Waals surface area (Å²) in [4.78, 5) is 15.1. The van der Waals surface area contributed by atoms with Crippen molar-refractivity contribution in [2.75, 3.05) is 49.3 Å². The van der Waals surface area contributed by atoms with Gasteiger partial charge >= 0.3 is 0 Å². The van der Waals surface area contributed by atoms with Crippen molar-refractivity contribution < 1.29 is 22.7 Å². The summed E-state index contributed by atoms with van der Waals surface area (Å²) in [6.45, 7) is 3.66. The van der Waals surface area contributed by atoms with Gasteiger partial charge < -0.3 is 19.7 Å². The molecule has 0 bridgehead atoms. The number of anilines is 2. The molecule has 2 aromatic rings. The quantitative estimate of drug-likeness (QED) is 0.618. The normalized spacial score (nSPS) is 14.7. The number of benzene rings is 2. The molecule has 1 amide bonds. The minimum atomic E-state index is -3.73. The predicted molar refractivity (Wildman–Crippen MR) is 126 cm³/mol. The Labute approximate surface area is 190 Å². The molecule has 0 radical (unpaired) electrons. The first-order valence-corrected chi connectivity index (χ1v) is 12.4. The molecule has 1 atom stereocenters. The highest BCUT2D eigenvalue weighted by Crippen LogP contribution is 2.33. The van der Waals surface area contributed by atoms with Gasteiger partial charge in [0.05, 0.1) is 32.2 Å². The maximum absolute atomic E-state index is 12.8. The van der Waals surface area contributed by atoms with E-state index in [4.69, 9.17) is 9.47 Å². The van der Waals surface area contributed by atoms with E-state index in [0.717, 1.165) is 29.2 Å². The molecule has 1 aliphatic rings. The molecule has 1 fully saturated rings. The van der Waals surface area contributed by atoms with Crippen molar-refractivity contribution in [2.24, 2.45) is 0 Å². The molecule has 32 heavy (non-hydrogen) atoms. The molecule has 1 N–H and O–H groups in total. The van der Waals surface area contributed by atoms with Gasteiger partial charge in [-0.3, -0.25) is 9.10 Å². The third kappa shape index (κ3) is 5.64. The maximum atomic E-state index is 12.8. The van der Waals surface area contributed by atoms with Crippen LogP contribution < -0.4 is 24.0 Å². The van der Waals surface area contributed by atoms with Crippen molar-refractivity contribution in [1.82, 2.24) is 5.32 Å². The van der Waals surface area contributed by atoms with Gasteiger partial charge in [-0.25, -0.2) is 8.42 Å². The number of methoxy groups -OCH3 is 2. The van der Waals surface area contributed by atoms with Crippen LogP contribution in [0.15, 0.2) is 42.5 Å². The lowest BCUT2D eigenvalue weighted by atomic mass is 10.1. The van der Waals surface area contributed by atoms with E-state index in [1.54, 1.807) is 18.2 Å². The largest absolute Gasteiger partial charge is 0.497 e. The second-order valence-corrected chi connectivity index (χ2v) is 9.79. The number of nitrogens with zero attached hydrogens (tertiary/aromatic N) is 2. The van der Waals surface area contributed by atoms with Gasteiger partial charge in [-0.2, -0.15) is 0 Å². The summed E-state index contributed by atoms with van der Waals surface area (Å²) in [5.41, 5.74) is 2.41. The van der Waals surface area contributed by atoms with Gasteiger partial charge in [0.15, 0.2) is 0 Å². The minimum Gasteiger partial charge on any atom is -0.497 e. The molecule has 9 heteroatoms. The lowest BCUT2D eigenvalue weighted by molar-refractivity contribution is -0.120. The smallest absolute Gasteiger partial charge is 0.241 e. The summed E-state index contributed by atoms with van der Waals surface area (Å²) in [6, 6.07) is 12.6. The van der Waals surface area contributed by atoms with Crippen LogP contribution >= 0.6 is 0 Å². The van der Waals surface area contributed by atoms with E-state index in [1.807, 2.05) is 19.1 Å². The average Bonchev–Trinajstić information content (AvgIpc) is 3.31. The Balaban J connectivity index is 1.72. The summed E-state index contributed by atoms with van der Waals surface area (Å²) >= 11 is 0. The number of nitrogens with one attached hydrogen (secondary N) is 1.